The van der Waals surface area contributed by atoms with E-state index in [1.54, 1.807) is 24.8 Å². The van der Waals surface area contributed by atoms with Gasteiger partial charge in [0, 0.05) is 49.5 Å². The Kier molecular flexibility index (Phi) is 4.88. The predicted molar refractivity (Wildman–Crippen MR) is 100 cm³/mol. The number of H-pyrrole nitrogens is 1. The molecule has 4 rings (SSSR count). The number of likely N-dealkylation sites (tertiary alicyclic amines) is 1. The average Bonchev–Trinajstić information content (AvgIpc) is 3.17. The van der Waals surface area contributed by atoms with Gasteiger partial charge in [0.25, 0.3) is 0 Å². The minimum absolute atomic E-state index is 0.354. The van der Waals surface area contributed by atoms with Crippen LogP contribution in [0.25, 0.3) is 0 Å². The van der Waals surface area contributed by atoms with E-state index in [1.807, 2.05) is 25.1 Å². The van der Waals surface area contributed by atoms with Gasteiger partial charge in [-0.05, 0) is 44.0 Å². The van der Waals surface area contributed by atoms with Crippen molar-refractivity contribution >= 4 is 11.6 Å². The van der Waals surface area contributed by atoms with Gasteiger partial charge in [-0.3, -0.25) is 15.0 Å². The highest BCUT2D eigenvalue weighted by Gasteiger charge is 2.25. The van der Waals surface area contributed by atoms with Crippen LogP contribution in [-0.2, 0) is 6.54 Å². The number of rotatable bonds is 5. The van der Waals surface area contributed by atoms with Gasteiger partial charge in [0.05, 0.1) is 5.69 Å². The van der Waals surface area contributed by atoms with Crippen molar-refractivity contribution in [1.82, 2.24) is 30.0 Å². The van der Waals surface area contributed by atoms with Crippen LogP contribution in [0.5, 0.6) is 0 Å². The van der Waals surface area contributed by atoms with Crippen molar-refractivity contribution in [1.29, 1.82) is 0 Å². The normalized spacial score (nSPS) is 18.0. The van der Waals surface area contributed by atoms with Gasteiger partial charge in [-0.25, -0.2) is 9.97 Å². The molecular formula is C19H23N7. The van der Waals surface area contributed by atoms with E-state index in [4.69, 9.17) is 0 Å². The van der Waals surface area contributed by atoms with Crippen LogP contribution in [-0.4, -0.2) is 43.1 Å². The summed E-state index contributed by atoms with van der Waals surface area (Å²) in [5.74, 6) is 1.99. The molecule has 2 N–H and O–H groups in total. The van der Waals surface area contributed by atoms with Crippen LogP contribution < -0.4 is 5.32 Å². The van der Waals surface area contributed by atoms with Gasteiger partial charge in [-0.2, -0.15) is 5.10 Å². The molecule has 0 spiro atoms. The van der Waals surface area contributed by atoms with E-state index in [1.165, 1.54) is 0 Å². The second-order valence-corrected chi connectivity index (χ2v) is 6.74. The number of aryl methyl sites for hydroxylation is 1. The van der Waals surface area contributed by atoms with Crippen molar-refractivity contribution in [2.75, 3.05) is 18.4 Å². The zero-order valence-corrected chi connectivity index (χ0v) is 14.9. The zero-order chi connectivity index (χ0) is 17.8. The summed E-state index contributed by atoms with van der Waals surface area (Å²) in [7, 11) is 0. The first-order chi connectivity index (χ1) is 12.8. The second kappa shape index (κ2) is 7.61. The van der Waals surface area contributed by atoms with Gasteiger partial charge in [-0.1, -0.05) is 6.07 Å². The summed E-state index contributed by atoms with van der Waals surface area (Å²) in [6.07, 6.45) is 9.37. The van der Waals surface area contributed by atoms with Gasteiger partial charge < -0.3 is 5.32 Å². The van der Waals surface area contributed by atoms with Gasteiger partial charge in [0.15, 0.2) is 5.82 Å². The second-order valence-electron chi connectivity index (χ2n) is 6.74. The number of anilines is 2. The maximum atomic E-state index is 4.66. The molecule has 0 radical (unpaired) electrons. The lowest BCUT2D eigenvalue weighted by Gasteiger charge is -2.32. The summed E-state index contributed by atoms with van der Waals surface area (Å²) in [5, 5.41) is 10.5. The Morgan fingerprint density at radius 1 is 1.12 bits per heavy atom. The Hall–Kier alpha value is -2.80. The molecule has 1 saturated heterocycles. The number of aromatic amines is 1. The molecule has 7 heteroatoms. The van der Waals surface area contributed by atoms with Crippen molar-refractivity contribution in [2.45, 2.75) is 32.2 Å². The molecule has 3 aromatic heterocycles. The highest BCUT2D eigenvalue weighted by Crippen LogP contribution is 2.31. The fourth-order valence-corrected chi connectivity index (χ4v) is 3.51. The van der Waals surface area contributed by atoms with Gasteiger partial charge in [-0.15, -0.1) is 0 Å². The standard InChI is InChI=1S/C19H23N7/c1-14-4-2-7-21-18(14)24-19-17(20-9-10-22-19)15-5-3-11-26(12-15)13-16-6-8-23-25-16/h2,4,6-10,15H,3,5,11-13H2,1H3,(H,23,25)(H,21,22,24). The smallest absolute Gasteiger partial charge is 0.153 e. The lowest BCUT2D eigenvalue weighted by Crippen LogP contribution is -2.34. The Balaban J connectivity index is 1.53. The van der Waals surface area contributed by atoms with Crippen molar-refractivity contribution in [3.8, 4) is 0 Å². The van der Waals surface area contributed by atoms with Crippen LogP contribution in [0.4, 0.5) is 11.6 Å². The van der Waals surface area contributed by atoms with E-state index in [0.29, 0.717) is 5.92 Å². The predicted octanol–water partition coefficient (Wildman–Crippen LogP) is 3.03. The minimum Gasteiger partial charge on any atom is -0.323 e. The fourth-order valence-electron chi connectivity index (χ4n) is 3.51. The van der Waals surface area contributed by atoms with Gasteiger partial charge in [0.1, 0.15) is 5.82 Å². The molecule has 1 atom stereocenters. The van der Waals surface area contributed by atoms with Crippen LogP contribution in [0, 0.1) is 6.92 Å². The summed E-state index contributed by atoms with van der Waals surface area (Å²) in [4.78, 5) is 16.1. The molecule has 0 aromatic carbocycles. The largest absolute Gasteiger partial charge is 0.323 e. The Labute approximate surface area is 152 Å². The Morgan fingerprint density at radius 3 is 2.85 bits per heavy atom. The first-order valence-electron chi connectivity index (χ1n) is 9.00. The third kappa shape index (κ3) is 3.72. The first-order valence-corrected chi connectivity index (χ1v) is 9.00. The number of nitrogens with zero attached hydrogens (tertiary/aromatic N) is 5. The summed E-state index contributed by atoms with van der Waals surface area (Å²) in [5.41, 5.74) is 3.26. The maximum absolute atomic E-state index is 4.66. The monoisotopic (exact) mass is 349 g/mol. The van der Waals surface area contributed by atoms with Crippen LogP contribution in [0.15, 0.2) is 43.0 Å². The number of aromatic nitrogens is 5. The molecule has 0 bridgehead atoms. The summed E-state index contributed by atoms with van der Waals surface area (Å²) in [6, 6.07) is 6.01. The molecule has 1 unspecified atom stereocenters. The molecule has 1 fully saturated rings. The molecule has 0 amide bonds. The first kappa shape index (κ1) is 16.7. The molecule has 134 valence electrons. The average molecular weight is 349 g/mol. The number of hydrogen-bond donors (Lipinski definition) is 2. The van der Waals surface area contributed by atoms with E-state index < -0.39 is 0 Å². The molecule has 0 aliphatic carbocycles. The topological polar surface area (TPSA) is 82.6 Å². The third-order valence-electron chi connectivity index (χ3n) is 4.82. The molecule has 3 aromatic rings. The van der Waals surface area contributed by atoms with Crippen LogP contribution >= 0.6 is 0 Å². The molecule has 0 saturated carbocycles. The minimum atomic E-state index is 0.354. The van der Waals surface area contributed by atoms with Crippen molar-refractivity contribution < 1.29 is 0 Å². The maximum Gasteiger partial charge on any atom is 0.153 e. The SMILES string of the molecule is Cc1cccnc1Nc1nccnc1C1CCCN(Cc2ccn[nH]2)C1. The Morgan fingerprint density at radius 2 is 2.00 bits per heavy atom. The number of nitrogens with one attached hydrogen (secondary N) is 2. The van der Waals surface area contributed by atoms with Crippen LogP contribution in [0.3, 0.4) is 0 Å². The molecular weight excluding hydrogens is 326 g/mol. The van der Waals surface area contributed by atoms with Gasteiger partial charge in [0.2, 0.25) is 0 Å². The quantitative estimate of drug-likeness (QED) is 0.737. The molecule has 26 heavy (non-hydrogen) atoms. The zero-order valence-electron chi connectivity index (χ0n) is 14.9. The van der Waals surface area contributed by atoms with Crippen molar-refractivity contribution in [3.63, 3.8) is 0 Å². The van der Waals surface area contributed by atoms with Crippen LogP contribution in [0.1, 0.15) is 35.7 Å². The molecule has 7 nitrogen and oxygen atoms in total. The lowest BCUT2D eigenvalue weighted by atomic mass is 9.94. The third-order valence-corrected chi connectivity index (χ3v) is 4.82. The summed E-state index contributed by atoms with van der Waals surface area (Å²) < 4.78 is 0. The lowest BCUT2D eigenvalue weighted by molar-refractivity contribution is 0.196. The van der Waals surface area contributed by atoms with E-state index in [-0.39, 0.29) is 0 Å². The van der Waals surface area contributed by atoms with Crippen molar-refractivity contribution in [2.24, 2.45) is 0 Å². The summed E-state index contributed by atoms with van der Waals surface area (Å²) >= 11 is 0. The van der Waals surface area contributed by atoms with E-state index in [0.717, 1.165) is 61.1 Å². The van der Waals surface area contributed by atoms with Crippen molar-refractivity contribution in [3.05, 3.63) is 59.9 Å². The number of piperidine rings is 1. The fraction of sp³-hybridized carbons (Fsp3) is 0.368. The highest BCUT2D eigenvalue weighted by molar-refractivity contribution is 5.57. The molecule has 4 heterocycles. The Bertz CT molecular complexity index is 847. The highest BCUT2D eigenvalue weighted by atomic mass is 15.2. The van der Waals surface area contributed by atoms with E-state index in [2.05, 4.69) is 35.4 Å². The number of pyridine rings is 1. The summed E-state index contributed by atoms with van der Waals surface area (Å²) in [6.45, 7) is 4.99. The molecule has 1 aliphatic heterocycles. The van der Waals surface area contributed by atoms with Crippen LogP contribution in [0.2, 0.25) is 0 Å². The van der Waals surface area contributed by atoms with E-state index in [9.17, 15) is 0 Å². The van der Waals surface area contributed by atoms with Gasteiger partial charge >= 0.3 is 0 Å². The number of hydrogen-bond acceptors (Lipinski definition) is 6. The van der Waals surface area contributed by atoms with E-state index >= 15 is 0 Å². The molecule has 1 aliphatic rings.